The molecule has 0 fully saturated rings. The summed E-state index contributed by atoms with van der Waals surface area (Å²) in [6.45, 7) is 0. The molecule has 70 valence electrons. The SMILES string of the molecule is Nc1cc2nc(N=O)nnc2cc1Br. The van der Waals surface area contributed by atoms with Crippen molar-refractivity contribution in [1.82, 2.24) is 15.2 Å². The first-order valence-corrected chi connectivity index (χ1v) is 4.43. The lowest BCUT2D eigenvalue weighted by atomic mass is 10.3. The Bertz CT molecular complexity index is 515. The molecule has 0 aliphatic heterocycles. The van der Waals surface area contributed by atoms with Crippen LogP contribution in [-0.4, -0.2) is 15.2 Å². The van der Waals surface area contributed by atoms with E-state index >= 15 is 0 Å². The minimum absolute atomic E-state index is 0.195. The molecule has 1 aromatic heterocycles. The summed E-state index contributed by atoms with van der Waals surface area (Å²) in [4.78, 5) is 14.0. The molecule has 1 heterocycles. The van der Waals surface area contributed by atoms with E-state index in [0.717, 1.165) is 0 Å². The largest absolute Gasteiger partial charge is 0.398 e. The maximum atomic E-state index is 10.1. The van der Waals surface area contributed by atoms with Gasteiger partial charge in [0.15, 0.2) is 0 Å². The van der Waals surface area contributed by atoms with Gasteiger partial charge in [0.2, 0.25) is 0 Å². The lowest BCUT2D eigenvalue weighted by molar-refractivity contribution is 1.01. The maximum Gasteiger partial charge on any atom is 0.310 e. The van der Waals surface area contributed by atoms with Crippen molar-refractivity contribution in [1.29, 1.82) is 0 Å². The summed E-state index contributed by atoms with van der Waals surface area (Å²) in [5.74, 6) is -0.195. The molecule has 0 aliphatic rings. The molecule has 0 radical (unpaired) electrons. The van der Waals surface area contributed by atoms with Crippen LogP contribution in [0.15, 0.2) is 21.8 Å². The van der Waals surface area contributed by atoms with Crippen LogP contribution in [-0.2, 0) is 0 Å². The first-order valence-electron chi connectivity index (χ1n) is 3.63. The fourth-order valence-corrected chi connectivity index (χ4v) is 1.34. The van der Waals surface area contributed by atoms with Crippen LogP contribution in [0.2, 0.25) is 0 Å². The van der Waals surface area contributed by atoms with Gasteiger partial charge in [-0.3, -0.25) is 0 Å². The summed E-state index contributed by atoms with van der Waals surface area (Å²) < 4.78 is 0.716. The predicted octanol–water partition coefficient (Wildman–Crippen LogP) is 1.77. The Hall–Kier alpha value is -1.63. The molecule has 0 saturated heterocycles. The van der Waals surface area contributed by atoms with Crippen LogP contribution in [0.5, 0.6) is 0 Å². The van der Waals surface area contributed by atoms with E-state index < -0.39 is 0 Å². The number of hydrogen-bond donors (Lipinski definition) is 1. The highest BCUT2D eigenvalue weighted by Crippen LogP contribution is 2.24. The van der Waals surface area contributed by atoms with Crippen molar-refractivity contribution in [3.63, 3.8) is 0 Å². The predicted molar refractivity (Wildman–Crippen MR) is 54.9 cm³/mol. The van der Waals surface area contributed by atoms with Gasteiger partial charge in [0.05, 0.1) is 5.52 Å². The third-order valence-electron chi connectivity index (χ3n) is 1.64. The molecule has 0 unspecified atom stereocenters. The van der Waals surface area contributed by atoms with E-state index in [-0.39, 0.29) is 5.95 Å². The van der Waals surface area contributed by atoms with E-state index in [1.54, 1.807) is 12.1 Å². The van der Waals surface area contributed by atoms with Crippen LogP contribution in [0.4, 0.5) is 11.6 Å². The number of aromatic nitrogens is 3. The molecule has 2 N–H and O–H groups in total. The number of benzene rings is 1. The summed E-state index contributed by atoms with van der Waals surface area (Å²) in [6, 6.07) is 3.28. The van der Waals surface area contributed by atoms with Crippen LogP contribution >= 0.6 is 15.9 Å². The van der Waals surface area contributed by atoms with Crippen molar-refractivity contribution in [2.75, 3.05) is 5.73 Å². The Kier molecular flexibility index (Phi) is 2.08. The highest BCUT2D eigenvalue weighted by Gasteiger charge is 2.04. The summed E-state index contributed by atoms with van der Waals surface area (Å²) in [5.41, 5.74) is 7.21. The number of nitrogens with zero attached hydrogens (tertiary/aromatic N) is 4. The van der Waals surface area contributed by atoms with E-state index in [4.69, 9.17) is 5.73 Å². The molecule has 2 aromatic rings. The molecular weight excluding hydrogens is 250 g/mol. The first-order chi connectivity index (χ1) is 6.70. The average molecular weight is 254 g/mol. The van der Waals surface area contributed by atoms with Gasteiger partial charge in [0.25, 0.3) is 0 Å². The third-order valence-corrected chi connectivity index (χ3v) is 2.33. The lowest BCUT2D eigenvalue weighted by Gasteiger charge is -1.99. The van der Waals surface area contributed by atoms with Gasteiger partial charge in [-0.05, 0) is 28.1 Å². The molecular formula is C7H4BrN5O. The number of halogens is 1. The fraction of sp³-hybridized carbons (Fsp3) is 0. The Morgan fingerprint density at radius 1 is 1.29 bits per heavy atom. The van der Waals surface area contributed by atoms with Gasteiger partial charge in [-0.15, -0.1) is 15.1 Å². The van der Waals surface area contributed by atoms with Crippen molar-refractivity contribution in [2.24, 2.45) is 5.18 Å². The van der Waals surface area contributed by atoms with Crippen LogP contribution in [0.1, 0.15) is 0 Å². The van der Waals surface area contributed by atoms with Gasteiger partial charge in [-0.2, -0.15) is 0 Å². The molecule has 7 heteroatoms. The normalized spacial score (nSPS) is 10.4. The molecule has 0 amide bonds. The van der Waals surface area contributed by atoms with Gasteiger partial charge < -0.3 is 5.73 Å². The third kappa shape index (κ3) is 1.41. The zero-order valence-electron chi connectivity index (χ0n) is 6.81. The minimum atomic E-state index is -0.195. The van der Waals surface area contributed by atoms with E-state index in [0.29, 0.717) is 21.2 Å². The second-order valence-corrected chi connectivity index (χ2v) is 3.42. The van der Waals surface area contributed by atoms with Crippen molar-refractivity contribution < 1.29 is 0 Å². The van der Waals surface area contributed by atoms with E-state index in [1.807, 2.05) is 0 Å². The number of anilines is 1. The summed E-state index contributed by atoms with van der Waals surface area (Å²) >= 11 is 3.25. The highest BCUT2D eigenvalue weighted by molar-refractivity contribution is 9.10. The average Bonchev–Trinajstić information content (AvgIpc) is 2.19. The summed E-state index contributed by atoms with van der Waals surface area (Å²) in [6.07, 6.45) is 0. The number of rotatable bonds is 1. The van der Waals surface area contributed by atoms with E-state index in [9.17, 15) is 4.91 Å². The number of nitrogens with two attached hydrogens (primary N) is 1. The molecule has 2 rings (SSSR count). The zero-order valence-corrected chi connectivity index (χ0v) is 8.39. The van der Waals surface area contributed by atoms with Gasteiger partial charge >= 0.3 is 5.95 Å². The lowest BCUT2D eigenvalue weighted by Crippen LogP contribution is -1.92. The van der Waals surface area contributed by atoms with Crippen LogP contribution in [0.25, 0.3) is 11.0 Å². The monoisotopic (exact) mass is 253 g/mol. The van der Waals surface area contributed by atoms with Crippen LogP contribution in [0.3, 0.4) is 0 Å². The number of hydrogen-bond acceptors (Lipinski definition) is 6. The Morgan fingerprint density at radius 3 is 2.79 bits per heavy atom. The molecule has 0 saturated carbocycles. The van der Waals surface area contributed by atoms with Crippen LogP contribution < -0.4 is 5.73 Å². The van der Waals surface area contributed by atoms with E-state index in [2.05, 4.69) is 36.3 Å². The van der Waals surface area contributed by atoms with Crippen molar-refractivity contribution in [3.8, 4) is 0 Å². The summed E-state index contributed by atoms with van der Waals surface area (Å²) in [7, 11) is 0. The van der Waals surface area contributed by atoms with Gasteiger partial charge in [-0.25, -0.2) is 4.98 Å². The topological polar surface area (TPSA) is 94.1 Å². The second kappa shape index (κ2) is 3.26. The molecule has 6 nitrogen and oxygen atoms in total. The Labute approximate surface area is 86.6 Å². The van der Waals surface area contributed by atoms with Gasteiger partial charge in [0, 0.05) is 15.3 Å². The standard InChI is InChI=1S/C7H4BrN5O/c8-3-1-6-5(2-4(3)9)10-7(13-14)12-11-6/h1-2H,9H2. The first kappa shape index (κ1) is 8.95. The van der Waals surface area contributed by atoms with Crippen molar-refractivity contribution in [2.45, 2.75) is 0 Å². The van der Waals surface area contributed by atoms with Crippen LogP contribution in [0, 0.1) is 4.91 Å². The maximum absolute atomic E-state index is 10.1. The molecule has 0 bridgehead atoms. The second-order valence-electron chi connectivity index (χ2n) is 2.57. The Morgan fingerprint density at radius 2 is 2.07 bits per heavy atom. The van der Waals surface area contributed by atoms with Crippen molar-refractivity contribution >= 4 is 38.6 Å². The van der Waals surface area contributed by atoms with Gasteiger partial charge in [0.1, 0.15) is 5.52 Å². The van der Waals surface area contributed by atoms with Crippen molar-refractivity contribution in [3.05, 3.63) is 21.5 Å². The fourth-order valence-electron chi connectivity index (χ4n) is 1.00. The van der Waals surface area contributed by atoms with Gasteiger partial charge in [-0.1, -0.05) is 0 Å². The highest BCUT2D eigenvalue weighted by atomic mass is 79.9. The Balaban J connectivity index is 2.76. The smallest absolute Gasteiger partial charge is 0.310 e. The van der Waals surface area contributed by atoms with E-state index in [1.165, 1.54) is 0 Å². The molecule has 0 atom stereocenters. The number of nitroso groups, excluding NO2 is 1. The number of nitrogen functional groups attached to an aromatic ring is 1. The molecule has 0 spiro atoms. The molecule has 14 heavy (non-hydrogen) atoms. The number of fused-ring (bicyclic) bond motifs is 1. The quantitative estimate of drug-likeness (QED) is 0.618. The molecule has 1 aromatic carbocycles. The minimum Gasteiger partial charge on any atom is -0.398 e. The summed E-state index contributed by atoms with van der Waals surface area (Å²) in [5, 5.41) is 9.84. The zero-order chi connectivity index (χ0) is 10.1. The molecule has 0 aliphatic carbocycles.